The van der Waals surface area contributed by atoms with Gasteiger partial charge >= 0.3 is 12.1 Å². The van der Waals surface area contributed by atoms with E-state index < -0.39 is 18.2 Å². The van der Waals surface area contributed by atoms with Crippen LogP contribution in [0.25, 0.3) is 21.9 Å². The number of hydrogen-bond acceptors (Lipinski definition) is 12. The molecular formula is C49H57F3N8O8. The fourth-order valence-electron chi connectivity index (χ4n) is 10.7. The van der Waals surface area contributed by atoms with E-state index in [1.165, 1.54) is 12.8 Å². The molecule has 68 heavy (non-hydrogen) atoms. The Morgan fingerprint density at radius 2 is 1.54 bits per heavy atom. The zero-order valence-electron chi connectivity index (χ0n) is 38.6. The predicted molar refractivity (Wildman–Crippen MR) is 247 cm³/mol. The summed E-state index contributed by atoms with van der Waals surface area (Å²) in [6.45, 7) is 10.6. The number of anilines is 2. The summed E-state index contributed by atoms with van der Waals surface area (Å²) in [5.74, 6) is -0.368. The highest BCUT2D eigenvalue weighted by atomic mass is 19.4. The summed E-state index contributed by atoms with van der Waals surface area (Å²) in [7, 11) is 5.23. The number of piperidine rings is 3. The molecule has 4 aromatic rings. The van der Waals surface area contributed by atoms with Gasteiger partial charge in [-0.05, 0) is 112 Å². The summed E-state index contributed by atoms with van der Waals surface area (Å²) in [4.78, 5) is 75.7. The largest absolute Gasteiger partial charge is 0.496 e. The van der Waals surface area contributed by atoms with Gasteiger partial charge in [-0.15, -0.1) is 0 Å². The number of halogens is 3. The van der Waals surface area contributed by atoms with Crippen molar-refractivity contribution in [3.8, 4) is 22.6 Å². The van der Waals surface area contributed by atoms with Crippen LogP contribution in [-0.2, 0) is 34.5 Å². The number of carboxylic acid groups (broad SMARTS) is 1. The van der Waals surface area contributed by atoms with E-state index in [9.17, 15) is 32.3 Å². The normalized spacial score (nSPS) is 20.9. The average molecular weight is 943 g/mol. The molecule has 0 saturated carbocycles. The van der Waals surface area contributed by atoms with E-state index in [4.69, 9.17) is 19.4 Å². The van der Waals surface area contributed by atoms with Crippen LogP contribution in [0.15, 0.2) is 53.6 Å². The molecule has 0 bridgehead atoms. The number of alkyl halides is 3. The molecule has 8 heterocycles. The number of benzene rings is 2. The number of hydrogen-bond donors (Lipinski definition) is 2. The van der Waals surface area contributed by atoms with Gasteiger partial charge in [-0.2, -0.15) is 13.2 Å². The molecule has 5 saturated heterocycles. The van der Waals surface area contributed by atoms with Gasteiger partial charge in [0, 0.05) is 99.3 Å². The van der Waals surface area contributed by atoms with Gasteiger partial charge in [-0.3, -0.25) is 29.4 Å². The van der Waals surface area contributed by atoms with Crippen molar-refractivity contribution >= 4 is 46.0 Å². The molecule has 6 aliphatic heterocycles. The number of fused-ring (bicyclic) bond motifs is 2. The van der Waals surface area contributed by atoms with Gasteiger partial charge in [0.05, 0.1) is 25.2 Å². The molecule has 362 valence electrons. The number of methoxy groups -OCH3 is 2. The minimum atomic E-state index is -5.08. The SMILES string of the molecule is COc1cc(-c2cn(C)c(=O)c3cnc(N4CCC4)cc23)cc(OC)c1CN1CCC(CN2CCC3(CC2)CN(c2ccc4c(c2)C(=O)N(C2CCC(=O)NC2=O)C4)C3)CC1.O=C(O)C(F)(F)F. The van der Waals surface area contributed by atoms with E-state index in [2.05, 4.69) is 54.2 Å². The van der Waals surface area contributed by atoms with Crippen molar-refractivity contribution in [2.75, 3.05) is 82.9 Å². The number of pyridine rings is 2. The monoisotopic (exact) mass is 942 g/mol. The van der Waals surface area contributed by atoms with Crippen LogP contribution in [0, 0.1) is 11.3 Å². The van der Waals surface area contributed by atoms with Gasteiger partial charge < -0.3 is 38.7 Å². The minimum absolute atomic E-state index is 0.0639. The molecule has 2 aromatic carbocycles. The summed E-state index contributed by atoms with van der Waals surface area (Å²) in [6, 6.07) is 11.8. The van der Waals surface area contributed by atoms with E-state index in [-0.39, 0.29) is 29.7 Å². The number of carboxylic acids is 1. The fourth-order valence-corrected chi connectivity index (χ4v) is 10.7. The molecule has 19 heteroatoms. The maximum Gasteiger partial charge on any atom is 0.490 e. The van der Waals surface area contributed by atoms with E-state index in [0.717, 1.165) is 135 Å². The van der Waals surface area contributed by atoms with E-state index >= 15 is 0 Å². The topological polar surface area (TPSA) is 170 Å². The zero-order valence-corrected chi connectivity index (χ0v) is 38.6. The van der Waals surface area contributed by atoms with Crippen molar-refractivity contribution < 1.29 is 46.9 Å². The maximum atomic E-state index is 13.4. The first kappa shape index (κ1) is 46.9. The van der Waals surface area contributed by atoms with Gasteiger partial charge in [0.2, 0.25) is 11.8 Å². The second kappa shape index (κ2) is 18.7. The quantitative estimate of drug-likeness (QED) is 0.203. The highest BCUT2D eigenvalue weighted by Crippen LogP contribution is 2.44. The van der Waals surface area contributed by atoms with Crippen LogP contribution >= 0.6 is 0 Å². The van der Waals surface area contributed by atoms with Gasteiger partial charge in [0.1, 0.15) is 23.4 Å². The van der Waals surface area contributed by atoms with Crippen molar-refractivity contribution in [1.29, 1.82) is 0 Å². The van der Waals surface area contributed by atoms with E-state index in [1.54, 1.807) is 36.9 Å². The molecule has 5 fully saturated rings. The lowest BCUT2D eigenvalue weighted by Crippen LogP contribution is -2.60. The number of amides is 3. The summed E-state index contributed by atoms with van der Waals surface area (Å²) >= 11 is 0. The second-order valence-electron chi connectivity index (χ2n) is 19.2. The number of nitrogens with zero attached hydrogens (tertiary/aromatic N) is 7. The maximum absolute atomic E-state index is 13.4. The third-order valence-electron chi connectivity index (χ3n) is 14.8. The molecule has 2 aromatic heterocycles. The lowest BCUT2D eigenvalue weighted by molar-refractivity contribution is -0.192. The van der Waals surface area contributed by atoms with E-state index in [0.29, 0.717) is 35.2 Å². The van der Waals surface area contributed by atoms with E-state index in [1.807, 2.05) is 18.3 Å². The molecule has 6 aliphatic rings. The molecule has 1 unspecified atom stereocenters. The van der Waals surface area contributed by atoms with Crippen LogP contribution in [0.2, 0.25) is 0 Å². The number of aromatic nitrogens is 2. The molecule has 10 rings (SSSR count). The summed E-state index contributed by atoms with van der Waals surface area (Å²) < 4.78 is 45.4. The lowest BCUT2D eigenvalue weighted by Gasteiger charge is -2.55. The highest BCUT2D eigenvalue weighted by Gasteiger charge is 2.46. The van der Waals surface area contributed by atoms with Gasteiger partial charge in [-0.25, -0.2) is 9.78 Å². The Balaban J connectivity index is 0.000000767. The number of aliphatic carboxylic acids is 1. The Morgan fingerprint density at radius 3 is 2.15 bits per heavy atom. The molecule has 3 amide bonds. The predicted octanol–water partition coefficient (Wildman–Crippen LogP) is 5.04. The van der Waals surface area contributed by atoms with Crippen molar-refractivity contribution in [3.63, 3.8) is 0 Å². The summed E-state index contributed by atoms with van der Waals surface area (Å²) in [6.07, 6.45) is 5.04. The number of carbonyl (C=O) groups excluding carboxylic acids is 3. The Bertz CT molecular complexity index is 2660. The number of imide groups is 1. The minimum Gasteiger partial charge on any atom is -0.496 e. The first-order valence-electron chi connectivity index (χ1n) is 23.3. The summed E-state index contributed by atoms with van der Waals surface area (Å²) in [5, 5.41) is 11.0. The molecule has 1 spiro atoms. The molecule has 2 N–H and O–H groups in total. The molecule has 0 radical (unpaired) electrons. The van der Waals surface area contributed by atoms with Crippen molar-refractivity contribution in [1.82, 2.24) is 29.6 Å². The van der Waals surface area contributed by atoms with Crippen LogP contribution in [0.5, 0.6) is 11.5 Å². The van der Waals surface area contributed by atoms with Crippen LogP contribution in [0.4, 0.5) is 24.7 Å². The lowest BCUT2D eigenvalue weighted by atomic mass is 9.71. The number of rotatable bonds is 10. The number of carbonyl (C=O) groups is 4. The van der Waals surface area contributed by atoms with Crippen molar-refractivity contribution in [3.05, 3.63) is 75.8 Å². The Morgan fingerprint density at radius 1 is 0.868 bits per heavy atom. The van der Waals surface area contributed by atoms with Crippen LogP contribution in [-0.4, -0.2) is 138 Å². The van der Waals surface area contributed by atoms with Gasteiger partial charge in [-0.1, -0.05) is 6.07 Å². The number of aryl methyl sites for hydroxylation is 1. The first-order chi connectivity index (χ1) is 32.5. The van der Waals surface area contributed by atoms with Crippen LogP contribution in [0.3, 0.4) is 0 Å². The third kappa shape index (κ3) is 9.33. The first-order valence-corrected chi connectivity index (χ1v) is 23.3. The molecule has 16 nitrogen and oxygen atoms in total. The Hall–Kier alpha value is -6.21. The fraction of sp³-hybridized carbons (Fsp3) is 0.510. The standard InChI is InChI=1S/C47H56N8O6.C2HF3O2/c1-50-26-37(35-22-42(53-13-4-14-53)48-23-36(35)45(50)58)32-19-40(60-2)38(41(20-32)61-3)27-51-15-9-30(10-16-51)24-52-17-11-47(12-18-52)28-54(29-47)33-6-5-31-25-55(46(59)34(31)21-33)39-7-8-43(56)49-44(39)57;3-2(4,5)1(6)7/h5-6,19-23,26,30,39H,4,7-18,24-25,27-29H2,1-3H3,(H,49,56,57);(H,6,7). The van der Waals surface area contributed by atoms with Crippen LogP contribution in [0.1, 0.15) is 66.4 Å². The molecule has 0 aliphatic carbocycles. The molecular weight excluding hydrogens is 886 g/mol. The number of likely N-dealkylation sites (tertiary alicyclic amines) is 2. The Kier molecular flexibility index (Phi) is 12.9. The average Bonchev–Trinajstić information content (AvgIpc) is 3.61. The second-order valence-corrected chi connectivity index (χ2v) is 19.2. The highest BCUT2D eigenvalue weighted by molar-refractivity contribution is 6.06. The third-order valence-corrected chi connectivity index (χ3v) is 14.8. The van der Waals surface area contributed by atoms with Crippen LogP contribution < -0.4 is 30.1 Å². The zero-order chi connectivity index (χ0) is 48.1. The Labute approximate surface area is 391 Å². The van der Waals surface area contributed by atoms with Gasteiger partial charge in [0.25, 0.3) is 11.5 Å². The van der Waals surface area contributed by atoms with Crippen molar-refractivity contribution in [2.45, 2.75) is 70.3 Å². The number of ether oxygens (including phenoxy) is 2. The number of nitrogens with one attached hydrogen (secondary N) is 1. The van der Waals surface area contributed by atoms with Gasteiger partial charge in [0.15, 0.2) is 0 Å². The van der Waals surface area contributed by atoms with Crippen molar-refractivity contribution in [2.24, 2.45) is 18.4 Å². The molecule has 1 atom stereocenters. The smallest absolute Gasteiger partial charge is 0.490 e. The summed E-state index contributed by atoms with van der Waals surface area (Å²) in [5.41, 5.74) is 5.90.